The van der Waals surface area contributed by atoms with Gasteiger partial charge in [-0.05, 0) is 30.3 Å². The molecule has 0 radical (unpaired) electrons. The van der Waals surface area contributed by atoms with Crippen molar-refractivity contribution in [2.75, 3.05) is 19.0 Å². The average molecular weight is 370 g/mol. The highest BCUT2D eigenvalue weighted by Gasteiger charge is 2.16. The molecule has 0 aliphatic heterocycles. The number of nitrogens with one attached hydrogen (secondary N) is 1. The number of phenolic OH excluding ortho intramolecular Hbond substituents is 1. The molecule has 24 heavy (non-hydrogen) atoms. The maximum Gasteiger partial charge on any atom is 0.342 e. The molecule has 126 valence electrons. The number of rotatable bonds is 5. The van der Waals surface area contributed by atoms with Crippen molar-refractivity contribution in [3.8, 4) is 11.5 Å². The third-order valence-electron chi connectivity index (χ3n) is 2.99. The number of esters is 1. The number of para-hydroxylation sites is 1. The standard InChI is InChI=1S/C16H13Cl2NO5/c1-23-9-5-6-13(20)10(7-9)16(22)24-8-14(21)19-15-11(17)3-2-4-12(15)18/h2-7,20H,8H2,1H3,(H,19,21). The van der Waals surface area contributed by atoms with Crippen LogP contribution in [0, 0.1) is 0 Å². The highest BCUT2D eigenvalue weighted by molar-refractivity contribution is 6.39. The molecule has 2 aromatic carbocycles. The van der Waals surface area contributed by atoms with Crippen LogP contribution >= 0.6 is 23.2 Å². The average Bonchev–Trinajstić information content (AvgIpc) is 2.56. The molecule has 2 aromatic rings. The molecular formula is C16H13Cl2NO5. The highest BCUT2D eigenvalue weighted by Crippen LogP contribution is 2.29. The number of aromatic hydroxyl groups is 1. The lowest BCUT2D eigenvalue weighted by Gasteiger charge is -2.10. The number of ether oxygens (including phenoxy) is 2. The second-order valence-electron chi connectivity index (χ2n) is 4.60. The van der Waals surface area contributed by atoms with E-state index < -0.39 is 18.5 Å². The summed E-state index contributed by atoms with van der Waals surface area (Å²) in [5.74, 6) is -1.41. The number of phenols is 1. The van der Waals surface area contributed by atoms with E-state index in [1.165, 1.54) is 25.3 Å². The molecule has 0 atom stereocenters. The summed E-state index contributed by atoms with van der Waals surface area (Å²) in [6.07, 6.45) is 0. The molecule has 0 saturated carbocycles. The summed E-state index contributed by atoms with van der Waals surface area (Å²) < 4.78 is 9.83. The lowest BCUT2D eigenvalue weighted by molar-refractivity contribution is -0.119. The van der Waals surface area contributed by atoms with E-state index in [0.717, 1.165) is 0 Å². The number of amides is 1. The number of carbonyl (C=O) groups is 2. The van der Waals surface area contributed by atoms with E-state index in [0.29, 0.717) is 5.75 Å². The van der Waals surface area contributed by atoms with Crippen LogP contribution in [0.2, 0.25) is 10.0 Å². The summed E-state index contributed by atoms with van der Waals surface area (Å²) in [4.78, 5) is 23.8. The Kier molecular flexibility index (Phi) is 5.89. The van der Waals surface area contributed by atoms with Crippen molar-refractivity contribution in [2.45, 2.75) is 0 Å². The molecule has 0 bridgehead atoms. The monoisotopic (exact) mass is 369 g/mol. The first-order valence-corrected chi connectivity index (χ1v) is 7.46. The van der Waals surface area contributed by atoms with Crippen LogP contribution in [-0.2, 0) is 9.53 Å². The van der Waals surface area contributed by atoms with Gasteiger partial charge in [0.25, 0.3) is 5.91 Å². The van der Waals surface area contributed by atoms with Crippen molar-refractivity contribution in [2.24, 2.45) is 0 Å². The minimum atomic E-state index is -0.869. The molecule has 0 aliphatic rings. The van der Waals surface area contributed by atoms with Crippen molar-refractivity contribution in [1.29, 1.82) is 0 Å². The molecule has 0 fully saturated rings. The van der Waals surface area contributed by atoms with E-state index in [1.807, 2.05) is 0 Å². The van der Waals surface area contributed by atoms with Crippen LogP contribution in [-0.4, -0.2) is 30.7 Å². The van der Waals surface area contributed by atoms with E-state index in [2.05, 4.69) is 5.32 Å². The largest absolute Gasteiger partial charge is 0.507 e. The van der Waals surface area contributed by atoms with Crippen LogP contribution in [0.1, 0.15) is 10.4 Å². The fraction of sp³-hybridized carbons (Fsp3) is 0.125. The van der Waals surface area contributed by atoms with Gasteiger partial charge in [-0.25, -0.2) is 4.79 Å². The van der Waals surface area contributed by atoms with Crippen LogP contribution in [0.15, 0.2) is 36.4 Å². The van der Waals surface area contributed by atoms with Crippen molar-refractivity contribution < 1.29 is 24.2 Å². The van der Waals surface area contributed by atoms with Crippen LogP contribution < -0.4 is 10.1 Å². The van der Waals surface area contributed by atoms with E-state index in [4.69, 9.17) is 32.7 Å². The summed E-state index contributed by atoms with van der Waals surface area (Å²) in [6, 6.07) is 8.83. The Morgan fingerprint density at radius 3 is 2.46 bits per heavy atom. The fourth-order valence-electron chi connectivity index (χ4n) is 1.81. The SMILES string of the molecule is COc1ccc(O)c(C(=O)OCC(=O)Nc2c(Cl)cccc2Cl)c1. The predicted octanol–water partition coefficient (Wildman–Crippen LogP) is 3.50. The smallest absolute Gasteiger partial charge is 0.342 e. The van der Waals surface area contributed by atoms with Gasteiger partial charge in [0.05, 0.1) is 22.8 Å². The zero-order valence-electron chi connectivity index (χ0n) is 12.5. The zero-order chi connectivity index (χ0) is 17.7. The van der Waals surface area contributed by atoms with Gasteiger partial charge in [-0.15, -0.1) is 0 Å². The Hall–Kier alpha value is -2.44. The van der Waals surface area contributed by atoms with Crippen molar-refractivity contribution in [3.63, 3.8) is 0 Å². The summed E-state index contributed by atoms with van der Waals surface area (Å²) in [5, 5.41) is 12.7. The maximum absolute atomic E-state index is 12.0. The van der Waals surface area contributed by atoms with Gasteiger partial charge >= 0.3 is 5.97 Å². The van der Waals surface area contributed by atoms with Crippen molar-refractivity contribution in [1.82, 2.24) is 0 Å². The van der Waals surface area contributed by atoms with Crippen LogP contribution in [0.5, 0.6) is 11.5 Å². The summed E-state index contributed by atoms with van der Waals surface area (Å²) in [7, 11) is 1.42. The molecule has 0 spiro atoms. The molecule has 0 saturated heterocycles. The second kappa shape index (κ2) is 7.90. The van der Waals surface area contributed by atoms with E-state index in [1.54, 1.807) is 18.2 Å². The van der Waals surface area contributed by atoms with Gasteiger partial charge in [-0.2, -0.15) is 0 Å². The quantitative estimate of drug-likeness (QED) is 0.787. The zero-order valence-corrected chi connectivity index (χ0v) is 14.0. The van der Waals surface area contributed by atoms with Gasteiger partial charge in [0, 0.05) is 0 Å². The molecule has 0 unspecified atom stereocenters. The molecule has 2 N–H and O–H groups in total. The first kappa shape index (κ1) is 17.9. The molecule has 8 heteroatoms. The first-order chi connectivity index (χ1) is 11.4. The molecule has 2 rings (SSSR count). The first-order valence-electron chi connectivity index (χ1n) is 6.70. The molecule has 0 aliphatic carbocycles. The summed E-state index contributed by atoms with van der Waals surface area (Å²) in [6.45, 7) is -0.572. The Bertz CT molecular complexity index is 759. The third kappa shape index (κ3) is 4.31. The Labute approximate surface area is 147 Å². The van der Waals surface area contributed by atoms with Crippen molar-refractivity contribution in [3.05, 3.63) is 52.0 Å². The number of hydrogen-bond acceptors (Lipinski definition) is 5. The highest BCUT2D eigenvalue weighted by atomic mass is 35.5. The number of benzene rings is 2. The lowest BCUT2D eigenvalue weighted by Crippen LogP contribution is -2.21. The van der Waals surface area contributed by atoms with Crippen molar-refractivity contribution >= 4 is 40.8 Å². The third-order valence-corrected chi connectivity index (χ3v) is 3.62. The minimum Gasteiger partial charge on any atom is -0.507 e. The Morgan fingerprint density at radius 1 is 1.17 bits per heavy atom. The van der Waals surface area contributed by atoms with Crippen LogP contribution in [0.4, 0.5) is 5.69 Å². The predicted molar refractivity (Wildman–Crippen MR) is 90.0 cm³/mol. The van der Waals surface area contributed by atoms with Gasteiger partial charge in [0.15, 0.2) is 6.61 Å². The number of halogens is 2. The van der Waals surface area contributed by atoms with Gasteiger partial charge in [-0.3, -0.25) is 4.79 Å². The number of hydrogen-bond donors (Lipinski definition) is 2. The Balaban J connectivity index is 2.00. The van der Waals surface area contributed by atoms with Crippen LogP contribution in [0.3, 0.4) is 0 Å². The van der Waals surface area contributed by atoms with E-state index in [-0.39, 0.29) is 27.0 Å². The molecule has 0 heterocycles. The van der Waals surface area contributed by atoms with Crippen LogP contribution in [0.25, 0.3) is 0 Å². The van der Waals surface area contributed by atoms with Gasteiger partial charge in [0.2, 0.25) is 0 Å². The fourth-order valence-corrected chi connectivity index (χ4v) is 2.30. The number of methoxy groups -OCH3 is 1. The number of anilines is 1. The van der Waals surface area contributed by atoms with Gasteiger partial charge < -0.3 is 19.9 Å². The molecule has 6 nitrogen and oxygen atoms in total. The molecule has 0 aromatic heterocycles. The number of carbonyl (C=O) groups excluding carboxylic acids is 2. The molecule has 1 amide bonds. The lowest BCUT2D eigenvalue weighted by atomic mass is 10.2. The summed E-state index contributed by atoms with van der Waals surface area (Å²) in [5.41, 5.74) is 0.115. The van der Waals surface area contributed by atoms with E-state index >= 15 is 0 Å². The summed E-state index contributed by atoms with van der Waals surface area (Å²) >= 11 is 11.9. The minimum absolute atomic E-state index is 0.113. The maximum atomic E-state index is 12.0. The Morgan fingerprint density at radius 2 is 1.83 bits per heavy atom. The second-order valence-corrected chi connectivity index (χ2v) is 5.42. The van der Waals surface area contributed by atoms with Gasteiger partial charge in [0.1, 0.15) is 17.1 Å². The van der Waals surface area contributed by atoms with E-state index in [9.17, 15) is 14.7 Å². The molecular weight excluding hydrogens is 357 g/mol. The topological polar surface area (TPSA) is 84.9 Å². The van der Waals surface area contributed by atoms with Gasteiger partial charge in [-0.1, -0.05) is 29.3 Å². The normalized spacial score (nSPS) is 10.1.